The van der Waals surface area contributed by atoms with Gasteiger partial charge in [-0.05, 0) is 104 Å². The van der Waals surface area contributed by atoms with Crippen molar-refractivity contribution in [2.75, 3.05) is 0 Å². The van der Waals surface area contributed by atoms with E-state index >= 15 is 0 Å². The van der Waals surface area contributed by atoms with Crippen LogP contribution in [0.5, 0.6) is 0 Å². The number of rotatable bonds is 4. The molecule has 11 atom stereocenters. The van der Waals surface area contributed by atoms with E-state index in [1.165, 1.54) is 19.3 Å². The lowest BCUT2D eigenvalue weighted by Crippen LogP contribution is -2.62. The molecule has 0 heterocycles. The van der Waals surface area contributed by atoms with Crippen molar-refractivity contribution < 1.29 is 15.0 Å². The average Bonchev–Trinajstić information content (AvgIpc) is 3.01. The van der Waals surface area contributed by atoms with Gasteiger partial charge < -0.3 is 15.0 Å². The number of hydrogen-bond acceptors (Lipinski definition) is 3. The molecule has 0 aliphatic heterocycles. The highest BCUT2D eigenvalue weighted by Gasteiger charge is 2.65. The Balaban J connectivity index is 0.00000256. The van der Waals surface area contributed by atoms with Crippen LogP contribution in [-0.4, -0.2) is 28.2 Å². The molecule has 30 heavy (non-hydrogen) atoms. The molecule has 0 aromatic carbocycles. The highest BCUT2D eigenvalue weighted by molar-refractivity contribution is 5.75. The summed E-state index contributed by atoms with van der Waals surface area (Å²) < 4.78 is 0. The first-order valence-electron chi connectivity index (χ1n) is 12.4. The van der Waals surface area contributed by atoms with Gasteiger partial charge in [0.25, 0.3) is 0 Å². The lowest BCUT2D eigenvalue weighted by atomic mass is 9.42. The van der Waals surface area contributed by atoms with Gasteiger partial charge >= 0.3 is 0 Å². The van der Waals surface area contributed by atoms with Crippen molar-refractivity contribution in [1.29, 1.82) is 0 Å². The van der Waals surface area contributed by atoms with Crippen LogP contribution in [0, 0.1) is 52.3 Å². The molecule has 0 aromatic heterocycles. The smallest absolute Gasteiger partial charge is 0.129 e. The fourth-order valence-corrected chi connectivity index (χ4v) is 9.00. The molecule has 8 unspecified atom stereocenters. The first kappa shape index (κ1) is 24.2. The highest BCUT2D eigenvalue weighted by atomic mass is 16.3. The summed E-state index contributed by atoms with van der Waals surface area (Å²) in [4.78, 5) is 11.5. The highest BCUT2D eigenvalue weighted by Crippen LogP contribution is 2.68. The van der Waals surface area contributed by atoms with E-state index in [9.17, 15) is 15.0 Å². The predicted octanol–water partition coefficient (Wildman–Crippen LogP) is 5.86. The van der Waals surface area contributed by atoms with Crippen LogP contribution in [-0.2, 0) is 4.79 Å². The van der Waals surface area contributed by atoms with Gasteiger partial charge in [-0.25, -0.2) is 0 Å². The Labute approximate surface area is 185 Å². The first-order valence-corrected chi connectivity index (χ1v) is 12.4. The van der Waals surface area contributed by atoms with Crippen LogP contribution in [0.25, 0.3) is 0 Å². The number of hydrogen-bond donors (Lipinski definition) is 2. The molecule has 0 saturated heterocycles. The van der Waals surface area contributed by atoms with Crippen LogP contribution < -0.4 is 0 Å². The van der Waals surface area contributed by atoms with E-state index in [1.807, 2.05) is 0 Å². The maximum absolute atomic E-state index is 11.6. The molecule has 3 nitrogen and oxygen atoms in total. The van der Waals surface area contributed by atoms with Crippen LogP contribution in [0.2, 0.25) is 0 Å². The summed E-state index contributed by atoms with van der Waals surface area (Å²) in [6, 6.07) is 0. The van der Waals surface area contributed by atoms with Gasteiger partial charge in [0, 0.05) is 6.42 Å². The Bertz CT molecular complexity index is 632. The van der Waals surface area contributed by atoms with E-state index in [4.69, 9.17) is 0 Å². The summed E-state index contributed by atoms with van der Waals surface area (Å²) in [6.07, 6.45) is 9.04. The molecule has 4 saturated carbocycles. The third kappa shape index (κ3) is 3.60. The fourth-order valence-electron chi connectivity index (χ4n) is 9.00. The van der Waals surface area contributed by atoms with Gasteiger partial charge in [-0.3, -0.25) is 0 Å². The summed E-state index contributed by atoms with van der Waals surface area (Å²) in [5, 5.41) is 22.9. The maximum Gasteiger partial charge on any atom is 0.129 e. The molecule has 0 radical (unpaired) electrons. The number of carbonyl (C=O) groups is 1. The minimum atomic E-state index is -0.275. The summed E-state index contributed by atoms with van der Waals surface area (Å²) in [5.41, 5.74) is 0.181. The van der Waals surface area contributed by atoms with Gasteiger partial charge in [0.2, 0.25) is 0 Å². The molecule has 0 bridgehead atoms. The molecule has 0 amide bonds. The quantitative estimate of drug-likeness (QED) is 0.598. The Hall–Kier alpha value is -0.410. The van der Waals surface area contributed by atoms with E-state index in [-0.39, 0.29) is 36.2 Å². The Morgan fingerprint density at radius 1 is 1.07 bits per heavy atom. The summed E-state index contributed by atoms with van der Waals surface area (Å²) in [5.74, 6) is 3.82. The molecule has 4 aliphatic carbocycles. The SMILES string of the molecule is C.CC(=O)CCC(C)C1CCC2C3C(O)CC4CC(C)CC[C@]4(C)C3C[C@H](O)[C@]12C. The number of fused-ring (bicyclic) bond motifs is 5. The van der Waals surface area contributed by atoms with Crippen molar-refractivity contribution in [3.63, 3.8) is 0 Å². The van der Waals surface area contributed by atoms with Gasteiger partial charge in [0.1, 0.15) is 5.78 Å². The van der Waals surface area contributed by atoms with E-state index in [0.717, 1.165) is 38.0 Å². The maximum atomic E-state index is 11.6. The Morgan fingerprint density at radius 2 is 1.77 bits per heavy atom. The third-order valence-corrected chi connectivity index (χ3v) is 10.8. The average molecular weight is 421 g/mol. The number of ketones is 1. The molecular formula is C27H48O3. The molecule has 4 aliphatic rings. The van der Waals surface area contributed by atoms with Gasteiger partial charge in [-0.15, -0.1) is 0 Å². The van der Waals surface area contributed by atoms with Crippen molar-refractivity contribution in [3.8, 4) is 0 Å². The van der Waals surface area contributed by atoms with Crippen molar-refractivity contribution in [2.45, 2.75) is 112 Å². The summed E-state index contributed by atoms with van der Waals surface area (Å²) in [7, 11) is 0. The Kier molecular flexibility index (Phi) is 6.87. The molecular weight excluding hydrogens is 372 g/mol. The third-order valence-electron chi connectivity index (χ3n) is 10.8. The minimum absolute atomic E-state index is 0. The van der Waals surface area contributed by atoms with Gasteiger partial charge in [-0.2, -0.15) is 0 Å². The van der Waals surface area contributed by atoms with Crippen molar-refractivity contribution >= 4 is 5.78 Å². The zero-order valence-electron chi connectivity index (χ0n) is 19.4. The summed E-state index contributed by atoms with van der Waals surface area (Å²) >= 11 is 0. The summed E-state index contributed by atoms with van der Waals surface area (Å²) in [6.45, 7) is 11.2. The largest absolute Gasteiger partial charge is 0.393 e. The molecule has 0 spiro atoms. The number of aliphatic hydroxyl groups is 2. The van der Waals surface area contributed by atoms with E-state index in [2.05, 4.69) is 27.7 Å². The lowest BCUT2D eigenvalue weighted by molar-refractivity contribution is -0.203. The van der Waals surface area contributed by atoms with Gasteiger partial charge in [0.15, 0.2) is 0 Å². The molecule has 4 fully saturated rings. The number of Topliss-reactive ketones (excluding diaryl/α,β-unsaturated/α-hetero) is 1. The Morgan fingerprint density at radius 3 is 2.43 bits per heavy atom. The second-order valence-electron chi connectivity index (χ2n) is 12.2. The zero-order chi connectivity index (χ0) is 21.1. The van der Waals surface area contributed by atoms with Crippen molar-refractivity contribution in [2.24, 2.45) is 52.3 Å². The molecule has 3 heteroatoms. The second kappa shape index (κ2) is 8.50. The zero-order valence-corrected chi connectivity index (χ0v) is 19.4. The standard InChI is InChI=1S/C26H44O3.CH4/c1-15-10-11-25(4)18(12-15)13-22(28)24-20-9-8-19(16(2)6-7-17(3)27)26(20,5)23(29)14-21(24)25;/h15-16,18-24,28-29H,6-14H2,1-5H3;1H4/t15?,16?,18?,19?,20?,21?,22?,23-,24?,25-,26+;/m0./s1. The van der Waals surface area contributed by atoms with Crippen LogP contribution in [0.4, 0.5) is 0 Å². The fraction of sp³-hybridized carbons (Fsp3) is 0.963. The normalized spacial score (nSPS) is 51.2. The van der Waals surface area contributed by atoms with Gasteiger partial charge in [0.05, 0.1) is 12.2 Å². The predicted molar refractivity (Wildman–Crippen MR) is 123 cm³/mol. The van der Waals surface area contributed by atoms with E-state index in [1.54, 1.807) is 6.92 Å². The van der Waals surface area contributed by atoms with Crippen LogP contribution >= 0.6 is 0 Å². The first-order chi connectivity index (χ1) is 13.6. The molecule has 4 rings (SSSR count). The number of aliphatic hydroxyl groups excluding tert-OH is 2. The molecule has 174 valence electrons. The molecule has 2 N–H and O–H groups in total. The topological polar surface area (TPSA) is 57.5 Å². The van der Waals surface area contributed by atoms with Crippen molar-refractivity contribution in [1.82, 2.24) is 0 Å². The minimum Gasteiger partial charge on any atom is -0.393 e. The van der Waals surface area contributed by atoms with Crippen LogP contribution in [0.3, 0.4) is 0 Å². The lowest BCUT2D eigenvalue weighted by Gasteiger charge is -2.63. The van der Waals surface area contributed by atoms with Crippen LogP contribution in [0.1, 0.15) is 99.8 Å². The van der Waals surface area contributed by atoms with E-state index < -0.39 is 0 Å². The van der Waals surface area contributed by atoms with Gasteiger partial charge in [-0.1, -0.05) is 41.5 Å². The monoisotopic (exact) mass is 420 g/mol. The van der Waals surface area contributed by atoms with E-state index in [0.29, 0.717) is 41.9 Å². The van der Waals surface area contributed by atoms with Crippen molar-refractivity contribution in [3.05, 3.63) is 0 Å². The molecule has 0 aromatic rings. The second-order valence-corrected chi connectivity index (χ2v) is 12.2. The number of carbonyl (C=O) groups excluding carboxylic acids is 1. The van der Waals surface area contributed by atoms with Crippen LogP contribution in [0.15, 0.2) is 0 Å².